The summed E-state index contributed by atoms with van der Waals surface area (Å²) in [5.41, 5.74) is 0. The van der Waals surface area contributed by atoms with Gasteiger partial charge in [0.15, 0.2) is 0 Å². The van der Waals surface area contributed by atoms with Crippen molar-refractivity contribution < 1.29 is 8.42 Å². The monoisotopic (exact) mass is 248 g/mol. The summed E-state index contributed by atoms with van der Waals surface area (Å²) >= 11 is 0. The Morgan fingerprint density at radius 1 is 1.25 bits per heavy atom. The van der Waals surface area contributed by atoms with Crippen molar-refractivity contribution in [2.75, 3.05) is 31.9 Å². The lowest BCUT2D eigenvalue weighted by molar-refractivity contribution is 0.380. The minimum Gasteiger partial charge on any atom is -0.317 e. The number of rotatable bonds is 6. The highest BCUT2D eigenvalue weighted by molar-refractivity contribution is 7.89. The molecule has 1 heterocycles. The quantitative estimate of drug-likeness (QED) is 0.764. The Hall–Kier alpha value is -0.130. The van der Waals surface area contributed by atoms with Gasteiger partial charge in [-0.1, -0.05) is 13.8 Å². The zero-order chi connectivity index (χ0) is 12.0. The van der Waals surface area contributed by atoms with E-state index in [1.165, 1.54) is 0 Å². The van der Waals surface area contributed by atoms with Gasteiger partial charge in [0.1, 0.15) is 0 Å². The Kier molecular flexibility index (Phi) is 5.72. The molecule has 0 aliphatic carbocycles. The van der Waals surface area contributed by atoms with E-state index < -0.39 is 10.0 Å². The van der Waals surface area contributed by atoms with Gasteiger partial charge >= 0.3 is 0 Å². The number of nitrogens with zero attached hydrogens (tertiary/aromatic N) is 1. The lowest BCUT2D eigenvalue weighted by Gasteiger charge is -2.26. The highest BCUT2D eigenvalue weighted by atomic mass is 32.2. The maximum atomic E-state index is 12.1. The van der Waals surface area contributed by atoms with Crippen molar-refractivity contribution in [2.45, 2.75) is 33.1 Å². The molecule has 0 atom stereocenters. The molecule has 0 unspecified atom stereocenters. The molecule has 1 saturated heterocycles. The van der Waals surface area contributed by atoms with Gasteiger partial charge in [-0.2, -0.15) is 0 Å². The van der Waals surface area contributed by atoms with Crippen LogP contribution >= 0.6 is 0 Å². The third-order valence-corrected chi connectivity index (χ3v) is 5.24. The van der Waals surface area contributed by atoms with Crippen LogP contribution in [-0.2, 0) is 10.0 Å². The highest BCUT2D eigenvalue weighted by Gasteiger charge is 2.25. The number of sulfonamides is 1. The molecule has 4 nitrogen and oxygen atoms in total. The third-order valence-electron chi connectivity index (χ3n) is 3.12. The van der Waals surface area contributed by atoms with Crippen LogP contribution in [0.5, 0.6) is 0 Å². The standard InChI is InChI=1S/C11H24N2O2S/c1-3-9-13(4-2)16(14,15)10-11-5-7-12-8-6-11/h11-12H,3-10H2,1-2H3. The van der Waals surface area contributed by atoms with E-state index in [4.69, 9.17) is 0 Å². The van der Waals surface area contributed by atoms with Gasteiger partial charge < -0.3 is 5.32 Å². The molecule has 1 fully saturated rings. The molecule has 0 aromatic carbocycles. The number of hydrogen-bond acceptors (Lipinski definition) is 3. The van der Waals surface area contributed by atoms with Gasteiger partial charge in [-0.3, -0.25) is 0 Å². The summed E-state index contributed by atoms with van der Waals surface area (Å²) in [4.78, 5) is 0. The Balaban J connectivity index is 2.54. The average Bonchev–Trinajstić information content (AvgIpc) is 2.26. The first-order chi connectivity index (χ1) is 7.60. The van der Waals surface area contributed by atoms with E-state index in [2.05, 4.69) is 5.32 Å². The molecular weight excluding hydrogens is 224 g/mol. The van der Waals surface area contributed by atoms with Crippen molar-refractivity contribution in [3.63, 3.8) is 0 Å². The average molecular weight is 248 g/mol. The summed E-state index contributed by atoms with van der Waals surface area (Å²) in [5.74, 6) is 0.680. The molecule has 1 aliphatic heterocycles. The fourth-order valence-corrected chi connectivity index (χ4v) is 4.19. The van der Waals surface area contributed by atoms with Crippen molar-refractivity contribution in [1.29, 1.82) is 0 Å². The molecule has 5 heteroatoms. The molecular formula is C11H24N2O2S. The van der Waals surface area contributed by atoms with Crippen LogP contribution in [0.4, 0.5) is 0 Å². The SMILES string of the molecule is CCCN(CC)S(=O)(=O)CC1CCNCC1. The van der Waals surface area contributed by atoms with Crippen LogP contribution in [0.2, 0.25) is 0 Å². The first-order valence-corrected chi connectivity index (χ1v) is 7.89. The van der Waals surface area contributed by atoms with E-state index >= 15 is 0 Å². The van der Waals surface area contributed by atoms with Crippen molar-refractivity contribution in [1.82, 2.24) is 9.62 Å². The molecule has 0 aromatic heterocycles. The maximum absolute atomic E-state index is 12.1. The smallest absolute Gasteiger partial charge is 0.214 e. The summed E-state index contributed by atoms with van der Waals surface area (Å²) < 4.78 is 25.9. The van der Waals surface area contributed by atoms with Crippen LogP contribution in [0, 0.1) is 5.92 Å². The summed E-state index contributed by atoms with van der Waals surface area (Å²) in [7, 11) is -3.03. The fraction of sp³-hybridized carbons (Fsp3) is 1.00. The normalized spacial score (nSPS) is 19.2. The van der Waals surface area contributed by atoms with Crippen LogP contribution in [0.25, 0.3) is 0 Å². The van der Waals surface area contributed by atoms with Crippen LogP contribution < -0.4 is 5.32 Å². The summed E-state index contributed by atoms with van der Waals surface area (Å²) in [6.45, 7) is 7.10. The van der Waals surface area contributed by atoms with Gasteiger partial charge in [-0.05, 0) is 38.3 Å². The van der Waals surface area contributed by atoms with Crippen molar-refractivity contribution in [2.24, 2.45) is 5.92 Å². The predicted octanol–water partition coefficient (Wildman–Crippen LogP) is 1.05. The highest BCUT2D eigenvalue weighted by Crippen LogP contribution is 2.16. The second-order valence-electron chi connectivity index (χ2n) is 4.46. The van der Waals surface area contributed by atoms with E-state index in [0.717, 1.165) is 32.4 Å². The lowest BCUT2D eigenvalue weighted by Crippen LogP contribution is -2.38. The molecule has 0 aromatic rings. The van der Waals surface area contributed by atoms with E-state index in [-0.39, 0.29) is 0 Å². The Morgan fingerprint density at radius 3 is 2.38 bits per heavy atom. The lowest BCUT2D eigenvalue weighted by atomic mass is 10.0. The Labute approximate surface area is 99.5 Å². The zero-order valence-electron chi connectivity index (χ0n) is 10.4. The van der Waals surface area contributed by atoms with Crippen LogP contribution in [0.15, 0.2) is 0 Å². The fourth-order valence-electron chi connectivity index (χ4n) is 2.19. The van der Waals surface area contributed by atoms with E-state index in [1.807, 2.05) is 13.8 Å². The molecule has 1 aliphatic rings. The molecule has 1 N–H and O–H groups in total. The molecule has 0 spiro atoms. The summed E-state index contributed by atoms with van der Waals surface area (Å²) in [6, 6.07) is 0. The van der Waals surface area contributed by atoms with Crippen LogP contribution in [0.1, 0.15) is 33.1 Å². The van der Waals surface area contributed by atoms with Crippen molar-refractivity contribution in [3.05, 3.63) is 0 Å². The van der Waals surface area contributed by atoms with Gasteiger partial charge in [0.05, 0.1) is 5.75 Å². The van der Waals surface area contributed by atoms with Crippen molar-refractivity contribution in [3.8, 4) is 0 Å². The zero-order valence-corrected chi connectivity index (χ0v) is 11.2. The van der Waals surface area contributed by atoms with Gasteiger partial charge in [0, 0.05) is 13.1 Å². The maximum Gasteiger partial charge on any atom is 0.214 e. The number of piperidine rings is 1. The Morgan fingerprint density at radius 2 is 1.88 bits per heavy atom. The van der Waals surface area contributed by atoms with Gasteiger partial charge in [0.2, 0.25) is 10.0 Å². The van der Waals surface area contributed by atoms with Gasteiger partial charge in [-0.25, -0.2) is 12.7 Å². The first-order valence-electron chi connectivity index (χ1n) is 6.28. The first kappa shape index (κ1) is 13.9. The van der Waals surface area contributed by atoms with Crippen LogP contribution in [0.3, 0.4) is 0 Å². The largest absolute Gasteiger partial charge is 0.317 e. The molecule has 0 saturated carbocycles. The topological polar surface area (TPSA) is 49.4 Å². The van der Waals surface area contributed by atoms with Gasteiger partial charge in [0.25, 0.3) is 0 Å². The van der Waals surface area contributed by atoms with Gasteiger partial charge in [-0.15, -0.1) is 0 Å². The summed E-state index contributed by atoms with van der Waals surface area (Å²) in [5, 5.41) is 3.26. The van der Waals surface area contributed by atoms with Crippen LogP contribution in [-0.4, -0.2) is 44.7 Å². The second-order valence-corrected chi connectivity index (χ2v) is 6.48. The van der Waals surface area contributed by atoms with E-state index in [1.54, 1.807) is 4.31 Å². The molecule has 0 bridgehead atoms. The minimum absolute atomic E-state index is 0.336. The second kappa shape index (κ2) is 6.57. The summed E-state index contributed by atoms with van der Waals surface area (Å²) in [6.07, 6.45) is 2.87. The van der Waals surface area contributed by atoms with Crippen molar-refractivity contribution >= 4 is 10.0 Å². The predicted molar refractivity (Wildman–Crippen MR) is 66.9 cm³/mol. The molecule has 0 radical (unpaired) electrons. The minimum atomic E-state index is -3.03. The molecule has 96 valence electrons. The Bertz CT molecular complexity index is 284. The number of nitrogens with one attached hydrogen (secondary N) is 1. The number of hydrogen-bond donors (Lipinski definition) is 1. The molecule has 16 heavy (non-hydrogen) atoms. The van der Waals surface area contributed by atoms with E-state index in [0.29, 0.717) is 24.8 Å². The molecule has 1 rings (SSSR count). The van der Waals surface area contributed by atoms with E-state index in [9.17, 15) is 8.42 Å². The molecule has 0 amide bonds. The third kappa shape index (κ3) is 4.03.